The van der Waals surface area contributed by atoms with Gasteiger partial charge >= 0.3 is 11.9 Å². The number of benzene rings is 2. The molecule has 3 rings (SSSR count). The van der Waals surface area contributed by atoms with E-state index in [0.717, 1.165) is 16.5 Å². The third kappa shape index (κ3) is 8.99. The molecule has 0 saturated carbocycles. The number of aromatic amines is 1. The van der Waals surface area contributed by atoms with Crippen LogP contribution in [0.15, 0.2) is 54.7 Å². The number of aliphatic hydroxyl groups is 1. The molecule has 0 aliphatic carbocycles. The molecule has 0 fully saturated rings. The molecule has 1 heterocycles. The first kappa shape index (κ1) is 30.0. The molecule has 0 saturated heterocycles. The average Bonchev–Trinajstić information content (AvgIpc) is 3.32. The average molecular weight is 559 g/mol. The molecule has 4 atom stereocenters. The van der Waals surface area contributed by atoms with Gasteiger partial charge < -0.3 is 36.0 Å². The predicted molar refractivity (Wildman–Crippen MR) is 149 cm³/mol. The van der Waals surface area contributed by atoms with Crippen molar-refractivity contribution in [1.29, 1.82) is 0 Å². The van der Waals surface area contributed by atoms with Crippen molar-refractivity contribution in [2.75, 3.05) is 12.3 Å². The number of carboxylic acid groups (broad SMARTS) is 2. The van der Waals surface area contributed by atoms with Gasteiger partial charge in [-0.3, -0.25) is 14.9 Å². The molecule has 2 aromatic carbocycles. The SMILES string of the molecule is O=C(O)CCC(NCCc1c[nH]c2ccccc12)C(O)NC(Cc1ccc(O)cc1)C(=O)NC(CS)C(=O)O. The number of aromatic nitrogens is 1. The van der Waals surface area contributed by atoms with Gasteiger partial charge in [0.15, 0.2) is 0 Å². The van der Waals surface area contributed by atoms with Crippen molar-refractivity contribution in [3.05, 3.63) is 65.9 Å². The molecular weight excluding hydrogens is 524 g/mol. The van der Waals surface area contributed by atoms with Crippen molar-refractivity contribution in [3.8, 4) is 5.75 Å². The Morgan fingerprint density at radius 3 is 2.38 bits per heavy atom. The van der Waals surface area contributed by atoms with Gasteiger partial charge in [-0.2, -0.15) is 12.6 Å². The molecule has 11 nitrogen and oxygen atoms in total. The van der Waals surface area contributed by atoms with Crippen LogP contribution in [0.3, 0.4) is 0 Å². The number of aromatic hydroxyl groups is 1. The summed E-state index contributed by atoms with van der Waals surface area (Å²) in [6.45, 7) is 0.431. The Morgan fingerprint density at radius 1 is 1.00 bits per heavy atom. The summed E-state index contributed by atoms with van der Waals surface area (Å²) in [5.41, 5.74) is 2.72. The first-order valence-electron chi connectivity index (χ1n) is 12.5. The molecule has 210 valence electrons. The lowest BCUT2D eigenvalue weighted by Gasteiger charge is -2.29. The molecule has 0 aliphatic heterocycles. The van der Waals surface area contributed by atoms with Crippen LogP contribution in [0.1, 0.15) is 24.0 Å². The number of hydrogen-bond acceptors (Lipinski definition) is 8. The van der Waals surface area contributed by atoms with Crippen LogP contribution in [-0.4, -0.2) is 79.9 Å². The van der Waals surface area contributed by atoms with Gasteiger partial charge in [0, 0.05) is 35.3 Å². The molecule has 1 amide bonds. The van der Waals surface area contributed by atoms with E-state index in [9.17, 15) is 34.8 Å². The van der Waals surface area contributed by atoms with Crippen molar-refractivity contribution in [3.63, 3.8) is 0 Å². The van der Waals surface area contributed by atoms with Crippen LogP contribution in [0, 0.1) is 0 Å². The largest absolute Gasteiger partial charge is 0.508 e. The number of aliphatic carboxylic acids is 2. The number of carbonyl (C=O) groups is 3. The van der Waals surface area contributed by atoms with E-state index in [1.54, 1.807) is 12.1 Å². The van der Waals surface area contributed by atoms with E-state index >= 15 is 0 Å². The van der Waals surface area contributed by atoms with Crippen molar-refractivity contribution in [1.82, 2.24) is 20.9 Å². The highest BCUT2D eigenvalue weighted by molar-refractivity contribution is 7.80. The maximum Gasteiger partial charge on any atom is 0.327 e. The van der Waals surface area contributed by atoms with Crippen molar-refractivity contribution in [2.45, 2.75) is 50.0 Å². The minimum Gasteiger partial charge on any atom is -0.508 e. The fourth-order valence-electron chi connectivity index (χ4n) is 4.26. The number of carbonyl (C=O) groups excluding carboxylic acids is 1. The second-order valence-electron chi connectivity index (χ2n) is 9.22. The van der Waals surface area contributed by atoms with Crippen molar-refractivity contribution >= 4 is 41.4 Å². The Morgan fingerprint density at radius 2 is 1.72 bits per heavy atom. The molecule has 0 radical (unpaired) electrons. The number of rotatable bonds is 16. The lowest BCUT2D eigenvalue weighted by Crippen LogP contribution is -2.58. The van der Waals surface area contributed by atoms with E-state index in [1.165, 1.54) is 12.1 Å². The van der Waals surface area contributed by atoms with E-state index in [-0.39, 0.29) is 30.8 Å². The van der Waals surface area contributed by atoms with E-state index in [1.807, 2.05) is 30.5 Å². The maximum absolute atomic E-state index is 13.1. The Kier molecular flexibility index (Phi) is 11.2. The zero-order chi connectivity index (χ0) is 28.4. The van der Waals surface area contributed by atoms with Crippen LogP contribution < -0.4 is 16.0 Å². The van der Waals surface area contributed by atoms with Gasteiger partial charge in [0.1, 0.15) is 18.0 Å². The number of phenolic OH excluding ortho intramolecular Hbond substituents is 1. The van der Waals surface area contributed by atoms with Crippen LogP contribution in [0.2, 0.25) is 0 Å². The van der Waals surface area contributed by atoms with Crippen molar-refractivity contribution < 1.29 is 34.8 Å². The zero-order valence-electron chi connectivity index (χ0n) is 21.2. The highest BCUT2D eigenvalue weighted by Gasteiger charge is 2.29. The second-order valence-corrected chi connectivity index (χ2v) is 9.58. The third-order valence-electron chi connectivity index (χ3n) is 6.39. The van der Waals surface area contributed by atoms with Gasteiger partial charge in [0.2, 0.25) is 5.91 Å². The van der Waals surface area contributed by atoms with Gasteiger partial charge in [-0.1, -0.05) is 30.3 Å². The Bertz CT molecular complexity index is 1250. The number of amides is 1. The van der Waals surface area contributed by atoms with Crippen LogP contribution in [0.5, 0.6) is 5.75 Å². The van der Waals surface area contributed by atoms with Gasteiger partial charge in [-0.05, 0) is 55.1 Å². The molecule has 12 heteroatoms. The van der Waals surface area contributed by atoms with Crippen LogP contribution in [0.4, 0.5) is 0 Å². The van der Waals surface area contributed by atoms with Gasteiger partial charge in [-0.15, -0.1) is 0 Å². The fraction of sp³-hybridized carbons (Fsp3) is 0.370. The number of carboxylic acids is 2. The number of nitrogens with one attached hydrogen (secondary N) is 4. The van der Waals surface area contributed by atoms with Gasteiger partial charge in [0.05, 0.1) is 6.04 Å². The molecule has 0 spiro atoms. The number of phenols is 1. The monoisotopic (exact) mass is 558 g/mol. The summed E-state index contributed by atoms with van der Waals surface area (Å²) in [5.74, 6) is -3.03. The molecule has 1 aromatic heterocycles. The van der Waals surface area contributed by atoms with E-state index in [0.29, 0.717) is 18.5 Å². The number of H-pyrrole nitrogens is 1. The number of aliphatic hydroxyl groups excluding tert-OH is 1. The molecular formula is C27H34N4O7S. The number of para-hydroxylation sites is 1. The topological polar surface area (TPSA) is 184 Å². The third-order valence-corrected chi connectivity index (χ3v) is 6.75. The summed E-state index contributed by atoms with van der Waals surface area (Å²) in [6.07, 6.45) is 1.13. The van der Waals surface area contributed by atoms with Crippen LogP contribution in [-0.2, 0) is 27.2 Å². The van der Waals surface area contributed by atoms with E-state index in [4.69, 9.17) is 0 Å². The standard InChI is InChI=1S/C27H34N4O7S/c32-18-7-5-16(6-8-18)13-22(26(36)31-23(15-39)27(37)38)30-25(35)21(9-10-24(33)34)28-12-11-17-14-29-20-4-2-1-3-19(17)20/h1-8,14,21-23,25,28-30,32,35,39H,9-13,15H2,(H,31,36)(H,33,34)(H,37,38). The first-order valence-corrected chi connectivity index (χ1v) is 13.2. The highest BCUT2D eigenvalue weighted by Crippen LogP contribution is 2.18. The molecule has 4 unspecified atom stereocenters. The lowest BCUT2D eigenvalue weighted by atomic mass is 10.0. The Hall–Kier alpha value is -3.58. The molecule has 0 bridgehead atoms. The zero-order valence-corrected chi connectivity index (χ0v) is 22.1. The Balaban J connectivity index is 1.72. The van der Waals surface area contributed by atoms with E-state index < -0.39 is 42.2 Å². The predicted octanol–water partition coefficient (Wildman–Crippen LogP) is 1.26. The fourth-order valence-corrected chi connectivity index (χ4v) is 4.50. The molecule has 0 aliphatic rings. The minimum atomic E-state index is -1.33. The Labute approximate surface area is 231 Å². The smallest absolute Gasteiger partial charge is 0.327 e. The summed E-state index contributed by atoms with van der Waals surface area (Å²) < 4.78 is 0. The number of hydrogen-bond donors (Lipinski definition) is 9. The van der Waals surface area contributed by atoms with E-state index in [2.05, 4.69) is 33.6 Å². The van der Waals surface area contributed by atoms with Crippen LogP contribution >= 0.6 is 12.6 Å². The molecule has 39 heavy (non-hydrogen) atoms. The lowest BCUT2D eigenvalue weighted by molar-refractivity contribution is -0.141. The van der Waals surface area contributed by atoms with Crippen molar-refractivity contribution in [2.24, 2.45) is 0 Å². The number of fused-ring (bicyclic) bond motifs is 1. The van der Waals surface area contributed by atoms with Gasteiger partial charge in [-0.25, -0.2) is 4.79 Å². The summed E-state index contributed by atoms with van der Waals surface area (Å²) in [5, 5.41) is 48.7. The maximum atomic E-state index is 13.1. The summed E-state index contributed by atoms with van der Waals surface area (Å²) in [6, 6.07) is 11.0. The number of thiol groups is 1. The quantitative estimate of drug-likeness (QED) is 0.0922. The normalized spacial score (nSPS) is 14.4. The first-order chi connectivity index (χ1) is 18.7. The summed E-state index contributed by atoms with van der Waals surface area (Å²) >= 11 is 3.98. The van der Waals surface area contributed by atoms with Crippen LogP contribution in [0.25, 0.3) is 10.9 Å². The summed E-state index contributed by atoms with van der Waals surface area (Å²) in [4.78, 5) is 39.0. The highest BCUT2D eigenvalue weighted by atomic mass is 32.1. The summed E-state index contributed by atoms with van der Waals surface area (Å²) in [7, 11) is 0. The van der Waals surface area contributed by atoms with Gasteiger partial charge in [0.25, 0.3) is 0 Å². The molecule has 3 aromatic rings. The second kappa shape index (κ2) is 14.5. The minimum absolute atomic E-state index is 0.0434. The molecule has 8 N–H and O–H groups in total.